The standard InChI is InChI=1S/C15H32N2O/c1-5-8-13(4)11-14(16-6-2)15-12-17(7-3)9-10-18-15/h13-16H,5-12H2,1-4H3. The van der Waals surface area contributed by atoms with Gasteiger partial charge in [-0.3, -0.25) is 4.90 Å². The molecule has 1 heterocycles. The van der Waals surface area contributed by atoms with E-state index < -0.39 is 0 Å². The largest absolute Gasteiger partial charge is 0.374 e. The minimum Gasteiger partial charge on any atom is -0.374 e. The van der Waals surface area contributed by atoms with E-state index in [1.165, 1.54) is 19.3 Å². The first-order valence-corrected chi connectivity index (χ1v) is 7.78. The van der Waals surface area contributed by atoms with E-state index in [4.69, 9.17) is 4.74 Å². The second kappa shape index (κ2) is 8.89. The van der Waals surface area contributed by atoms with Crippen LogP contribution in [-0.2, 0) is 4.74 Å². The normalized spacial score (nSPS) is 25.0. The molecule has 0 bridgehead atoms. The second-order valence-electron chi connectivity index (χ2n) is 5.60. The van der Waals surface area contributed by atoms with Crippen molar-refractivity contribution in [2.75, 3.05) is 32.8 Å². The fraction of sp³-hybridized carbons (Fsp3) is 1.00. The number of likely N-dealkylation sites (N-methyl/N-ethyl adjacent to an activating group) is 2. The zero-order chi connectivity index (χ0) is 13.4. The van der Waals surface area contributed by atoms with E-state index >= 15 is 0 Å². The third kappa shape index (κ3) is 5.25. The summed E-state index contributed by atoms with van der Waals surface area (Å²) < 4.78 is 6.00. The summed E-state index contributed by atoms with van der Waals surface area (Å²) >= 11 is 0. The van der Waals surface area contributed by atoms with Crippen molar-refractivity contribution in [3.05, 3.63) is 0 Å². The molecular formula is C15H32N2O. The first-order chi connectivity index (χ1) is 8.71. The highest BCUT2D eigenvalue weighted by Crippen LogP contribution is 2.18. The molecule has 108 valence electrons. The number of hydrogen-bond acceptors (Lipinski definition) is 3. The van der Waals surface area contributed by atoms with Crippen LogP contribution in [0.1, 0.15) is 47.0 Å². The van der Waals surface area contributed by atoms with Gasteiger partial charge < -0.3 is 10.1 Å². The summed E-state index contributed by atoms with van der Waals surface area (Å²) in [6, 6.07) is 0.519. The van der Waals surface area contributed by atoms with Crippen LogP contribution in [0, 0.1) is 5.92 Å². The first-order valence-electron chi connectivity index (χ1n) is 7.78. The van der Waals surface area contributed by atoms with Crippen LogP contribution in [0.25, 0.3) is 0 Å². The molecule has 3 unspecified atom stereocenters. The molecule has 1 rings (SSSR count). The lowest BCUT2D eigenvalue weighted by Crippen LogP contribution is -2.52. The Morgan fingerprint density at radius 3 is 2.72 bits per heavy atom. The van der Waals surface area contributed by atoms with E-state index in [0.29, 0.717) is 12.1 Å². The maximum Gasteiger partial charge on any atom is 0.0855 e. The summed E-state index contributed by atoms with van der Waals surface area (Å²) in [4.78, 5) is 2.50. The first kappa shape index (κ1) is 15.9. The van der Waals surface area contributed by atoms with Gasteiger partial charge in [-0.15, -0.1) is 0 Å². The van der Waals surface area contributed by atoms with Gasteiger partial charge in [0.05, 0.1) is 12.7 Å². The summed E-state index contributed by atoms with van der Waals surface area (Å²) in [5.41, 5.74) is 0. The number of hydrogen-bond donors (Lipinski definition) is 1. The zero-order valence-electron chi connectivity index (χ0n) is 12.7. The minimum atomic E-state index is 0.373. The molecule has 3 heteroatoms. The topological polar surface area (TPSA) is 24.5 Å². The molecule has 1 saturated heterocycles. The fourth-order valence-electron chi connectivity index (χ4n) is 2.94. The van der Waals surface area contributed by atoms with Crippen LogP contribution in [0.15, 0.2) is 0 Å². The Kier molecular flexibility index (Phi) is 7.87. The van der Waals surface area contributed by atoms with Gasteiger partial charge in [-0.05, 0) is 25.4 Å². The molecule has 0 radical (unpaired) electrons. The van der Waals surface area contributed by atoms with Crippen molar-refractivity contribution < 1.29 is 4.74 Å². The Morgan fingerprint density at radius 2 is 2.11 bits per heavy atom. The monoisotopic (exact) mass is 256 g/mol. The lowest BCUT2D eigenvalue weighted by atomic mass is 9.93. The number of ether oxygens (including phenoxy) is 1. The highest BCUT2D eigenvalue weighted by atomic mass is 16.5. The average molecular weight is 256 g/mol. The Hall–Kier alpha value is -0.120. The van der Waals surface area contributed by atoms with Crippen molar-refractivity contribution in [1.82, 2.24) is 10.2 Å². The van der Waals surface area contributed by atoms with E-state index in [1.54, 1.807) is 0 Å². The van der Waals surface area contributed by atoms with Gasteiger partial charge in [0.25, 0.3) is 0 Å². The van der Waals surface area contributed by atoms with Gasteiger partial charge in [0.1, 0.15) is 0 Å². The fourth-order valence-corrected chi connectivity index (χ4v) is 2.94. The quantitative estimate of drug-likeness (QED) is 0.722. The smallest absolute Gasteiger partial charge is 0.0855 e. The molecule has 18 heavy (non-hydrogen) atoms. The van der Waals surface area contributed by atoms with Gasteiger partial charge in [-0.2, -0.15) is 0 Å². The molecule has 0 spiro atoms. The van der Waals surface area contributed by atoms with Crippen LogP contribution in [0.5, 0.6) is 0 Å². The number of nitrogens with zero attached hydrogens (tertiary/aromatic N) is 1. The van der Waals surface area contributed by atoms with Gasteiger partial charge in [-0.1, -0.05) is 40.5 Å². The molecule has 0 aliphatic carbocycles. The molecular weight excluding hydrogens is 224 g/mol. The molecule has 1 fully saturated rings. The third-order valence-electron chi connectivity index (χ3n) is 3.98. The molecule has 1 aliphatic rings. The van der Waals surface area contributed by atoms with E-state index in [2.05, 4.69) is 37.9 Å². The van der Waals surface area contributed by atoms with Gasteiger partial charge in [-0.25, -0.2) is 0 Å². The van der Waals surface area contributed by atoms with E-state index in [1.807, 2.05) is 0 Å². The Morgan fingerprint density at radius 1 is 1.33 bits per heavy atom. The lowest BCUT2D eigenvalue weighted by Gasteiger charge is -2.37. The summed E-state index contributed by atoms with van der Waals surface area (Å²) in [6.45, 7) is 14.3. The maximum absolute atomic E-state index is 6.00. The van der Waals surface area contributed by atoms with E-state index in [0.717, 1.165) is 38.7 Å². The Bertz CT molecular complexity index is 211. The second-order valence-corrected chi connectivity index (χ2v) is 5.60. The molecule has 0 aromatic carbocycles. The molecule has 1 aliphatic heterocycles. The predicted molar refractivity (Wildman–Crippen MR) is 78.0 cm³/mol. The molecule has 0 saturated carbocycles. The predicted octanol–water partition coefficient (Wildman–Crippen LogP) is 2.51. The highest BCUT2D eigenvalue weighted by Gasteiger charge is 2.27. The Balaban J connectivity index is 2.48. The molecule has 3 nitrogen and oxygen atoms in total. The van der Waals surface area contributed by atoms with Gasteiger partial charge in [0.15, 0.2) is 0 Å². The van der Waals surface area contributed by atoms with Crippen LogP contribution in [-0.4, -0.2) is 49.8 Å². The summed E-state index contributed by atoms with van der Waals surface area (Å²) in [5, 5.41) is 3.63. The summed E-state index contributed by atoms with van der Waals surface area (Å²) in [6.07, 6.45) is 4.22. The van der Waals surface area contributed by atoms with Crippen LogP contribution < -0.4 is 5.32 Å². The van der Waals surface area contributed by atoms with Gasteiger partial charge in [0.2, 0.25) is 0 Å². The van der Waals surface area contributed by atoms with Crippen molar-refractivity contribution >= 4 is 0 Å². The summed E-state index contributed by atoms with van der Waals surface area (Å²) in [5.74, 6) is 0.791. The van der Waals surface area contributed by atoms with Crippen molar-refractivity contribution in [3.8, 4) is 0 Å². The number of rotatable bonds is 8. The third-order valence-corrected chi connectivity index (χ3v) is 3.98. The van der Waals surface area contributed by atoms with Crippen molar-refractivity contribution in [1.29, 1.82) is 0 Å². The molecule has 1 N–H and O–H groups in total. The van der Waals surface area contributed by atoms with Crippen LogP contribution in [0.4, 0.5) is 0 Å². The van der Waals surface area contributed by atoms with Crippen LogP contribution >= 0.6 is 0 Å². The van der Waals surface area contributed by atoms with Gasteiger partial charge >= 0.3 is 0 Å². The molecule has 0 aromatic heterocycles. The number of nitrogens with one attached hydrogen (secondary N) is 1. The van der Waals surface area contributed by atoms with Crippen LogP contribution in [0.2, 0.25) is 0 Å². The Labute approximate surface area is 113 Å². The van der Waals surface area contributed by atoms with Crippen molar-refractivity contribution in [2.24, 2.45) is 5.92 Å². The van der Waals surface area contributed by atoms with E-state index in [-0.39, 0.29) is 0 Å². The lowest BCUT2D eigenvalue weighted by molar-refractivity contribution is -0.0481. The van der Waals surface area contributed by atoms with E-state index in [9.17, 15) is 0 Å². The number of morpholine rings is 1. The average Bonchev–Trinajstić information content (AvgIpc) is 2.38. The zero-order valence-corrected chi connectivity index (χ0v) is 12.7. The van der Waals surface area contributed by atoms with Crippen molar-refractivity contribution in [3.63, 3.8) is 0 Å². The maximum atomic E-state index is 6.00. The highest BCUT2D eigenvalue weighted by molar-refractivity contribution is 4.83. The minimum absolute atomic E-state index is 0.373. The molecule has 0 amide bonds. The SMILES string of the molecule is CCCC(C)CC(NCC)C1CN(CC)CCO1. The van der Waals surface area contributed by atoms with Crippen LogP contribution in [0.3, 0.4) is 0 Å². The molecule has 0 aromatic rings. The molecule has 3 atom stereocenters. The van der Waals surface area contributed by atoms with Gasteiger partial charge in [0, 0.05) is 19.1 Å². The summed E-state index contributed by atoms with van der Waals surface area (Å²) in [7, 11) is 0. The van der Waals surface area contributed by atoms with Crippen molar-refractivity contribution in [2.45, 2.75) is 59.1 Å².